The summed E-state index contributed by atoms with van der Waals surface area (Å²) in [7, 11) is 0. The molecule has 0 aliphatic rings. The van der Waals surface area contributed by atoms with Crippen molar-refractivity contribution in [1.29, 1.82) is 0 Å². The number of halogens is 3. The highest BCUT2D eigenvalue weighted by molar-refractivity contribution is 5.90. The van der Waals surface area contributed by atoms with E-state index in [1.807, 2.05) is 0 Å². The molecule has 0 aliphatic carbocycles. The number of carbonyl (C=O) groups is 1. The number of aromatic nitrogens is 4. The first-order valence-corrected chi connectivity index (χ1v) is 10.9. The number of aliphatic hydroxyl groups excluding tert-OH is 1. The van der Waals surface area contributed by atoms with Crippen LogP contribution in [-0.4, -0.2) is 36.3 Å². The predicted octanol–water partition coefficient (Wildman–Crippen LogP) is 5.47. The minimum absolute atomic E-state index is 0.0206. The number of aromatic carboxylic acids is 1. The summed E-state index contributed by atoms with van der Waals surface area (Å²) in [5.74, 6) is -0.802. The average molecular weight is 506 g/mol. The van der Waals surface area contributed by atoms with Crippen molar-refractivity contribution in [2.75, 3.05) is 0 Å². The molecule has 0 amide bonds. The van der Waals surface area contributed by atoms with Gasteiger partial charge in [0.15, 0.2) is 5.76 Å². The van der Waals surface area contributed by atoms with Crippen LogP contribution >= 0.6 is 0 Å². The molecule has 0 saturated carbocycles. The molecular weight excluding hydrogens is 489 g/mol. The van der Waals surface area contributed by atoms with Gasteiger partial charge in [0.25, 0.3) is 0 Å². The number of alkyl halides is 3. The topological polar surface area (TPSA) is 114 Å². The molecule has 0 bridgehead atoms. The number of nitrogens with zero attached hydrogens (tertiary/aromatic N) is 4. The fraction of sp³-hybridized carbons (Fsp3) is 0.0769. The summed E-state index contributed by atoms with van der Waals surface area (Å²) in [6.45, 7) is -0.265. The van der Waals surface area contributed by atoms with Crippen LogP contribution in [0.25, 0.3) is 39.3 Å². The lowest BCUT2D eigenvalue weighted by molar-refractivity contribution is -0.137. The van der Waals surface area contributed by atoms with E-state index in [0.717, 1.165) is 23.3 Å². The molecule has 2 aromatic heterocycles. The number of carboxylic acid groups (broad SMARTS) is 1. The summed E-state index contributed by atoms with van der Waals surface area (Å²) in [5, 5.41) is 30.8. The van der Waals surface area contributed by atoms with Crippen molar-refractivity contribution >= 4 is 5.97 Å². The largest absolute Gasteiger partial charge is 0.478 e. The highest BCUT2D eigenvalue weighted by Crippen LogP contribution is 2.31. The van der Waals surface area contributed by atoms with Crippen LogP contribution in [0.4, 0.5) is 13.2 Å². The molecule has 0 saturated heterocycles. The van der Waals surface area contributed by atoms with Gasteiger partial charge in [-0.25, -0.2) is 9.48 Å². The van der Waals surface area contributed by atoms with Crippen molar-refractivity contribution in [3.05, 3.63) is 95.9 Å². The van der Waals surface area contributed by atoms with Gasteiger partial charge in [-0.2, -0.15) is 13.2 Å². The fourth-order valence-corrected chi connectivity index (χ4v) is 3.74. The third kappa shape index (κ3) is 4.98. The first-order chi connectivity index (χ1) is 17.7. The maximum atomic E-state index is 12.9. The normalized spacial score (nSPS) is 11.6. The molecule has 0 fully saturated rings. The zero-order valence-corrected chi connectivity index (χ0v) is 18.8. The lowest BCUT2D eigenvalue weighted by atomic mass is 10.00. The SMILES string of the molecule is O=C(O)c1cc(-c2ccc(-c3cc(CO)on3)cc2)cc(-n2cc(-c3ccc(C(F)(F)F)cc3)nn2)c1. The van der Waals surface area contributed by atoms with Crippen molar-refractivity contribution in [3.8, 4) is 39.3 Å². The van der Waals surface area contributed by atoms with Gasteiger partial charge in [-0.15, -0.1) is 5.10 Å². The minimum Gasteiger partial charge on any atom is -0.478 e. The maximum absolute atomic E-state index is 12.9. The molecule has 2 heterocycles. The van der Waals surface area contributed by atoms with Gasteiger partial charge in [0.2, 0.25) is 0 Å². The van der Waals surface area contributed by atoms with Crippen molar-refractivity contribution in [3.63, 3.8) is 0 Å². The number of hydrogen-bond acceptors (Lipinski definition) is 6. The second-order valence-electron chi connectivity index (χ2n) is 8.11. The third-order valence-electron chi connectivity index (χ3n) is 5.66. The molecule has 0 atom stereocenters. The van der Waals surface area contributed by atoms with Gasteiger partial charge in [-0.1, -0.05) is 46.8 Å². The molecule has 5 aromatic rings. The van der Waals surface area contributed by atoms with Crippen molar-refractivity contribution in [1.82, 2.24) is 20.2 Å². The minimum atomic E-state index is -4.45. The standard InChI is InChI=1S/C26H17F3N4O4/c27-26(28,29)20-7-5-17(6-8-20)24-13-33(32-30-24)21-10-18(9-19(11-21)25(35)36)15-1-3-16(4-2-15)23-12-22(14-34)37-31-23/h1-13,34H,14H2,(H,35,36). The smallest absolute Gasteiger partial charge is 0.416 e. The highest BCUT2D eigenvalue weighted by Gasteiger charge is 2.30. The van der Waals surface area contributed by atoms with E-state index in [1.165, 1.54) is 35.1 Å². The zero-order valence-electron chi connectivity index (χ0n) is 18.8. The molecule has 3 aromatic carbocycles. The van der Waals surface area contributed by atoms with E-state index in [1.54, 1.807) is 36.4 Å². The number of rotatable bonds is 6. The Morgan fingerprint density at radius 2 is 1.51 bits per heavy atom. The van der Waals surface area contributed by atoms with Crippen LogP contribution in [0.1, 0.15) is 21.7 Å². The summed E-state index contributed by atoms with van der Waals surface area (Å²) < 4.78 is 44.9. The Balaban J connectivity index is 1.47. The van der Waals surface area contributed by atoms with Gasteiger partial charge in [0.05, 0.1) is 23.0 Å². The second kappa shape index (κ2) is 9.36. The summed E-state index contributed by atoms with van der Waals surface area (Å²) >= 11 is 0. The Bertz CT molecular complexity index is 1570. The Labute approximate surface area is 207 Å². The van der Waals surface area contributed by atoms with Gasteiger partial charge in [-0.05, 0) is 41.5 Å². The summed E-state index contributed by atoms with van der Waals surface area (Å²) in [5.41, 5.74) is 3.04. The van der Waals surface area contributed by atoms with Crippen LogP contribution in [-0.2, 0) is 12.8 Å². The van der Waals surface area contributed by atoms with E-state index in [2.05, 4.69) is 15.5 Å². The van der Waals surface area contributed by atoms with E-state index in [9.17, 15) is 23.1 Å². The Kier molecular flexibility index (Phi) is 6.06. The molecule has 2 N–H and O–H groups in total. The lowest BCUT2D eigenvalue weighted by Crippen LogP contribution is -2.03. The van der Waals surface area contributed by atoms with Crippen LogP contribution in [0.2, 0.25) is 0 Å². The summed E-state index contributed by atoms with van der Waals surface area (Å²) in [6.07, 6.45) is -2.93. The maximum Gasteiger partial charge on any atom is 0.416 e. The Morgan fingerprint density at radius 1 is 0.865 bits per heavy atom. The van der Waals surface area contributed by atoms with Gasteiger partial charge in [0, 0.05) is 17.2 Å². The van der Waals surface area contributed by atoms with Crippen LogP contribution in [0, 0.1) is 0 Å². The fourth-order valence-electron chi connectivity index (χ4n) is 3.74. The monoisotopic (exact) mass is 506 g/mol. The number of hydrogen-bond donors (Lipinski definition) is 2. The van der Waals surface area contributed by atoms with Crippen molar-refractivity contribution in [2.24, 2.45) is 0 Å². The van der Waals surface area contributed by atoms with Gasteiger partial charge < -0.3 is 14.7 Å². The van der Waals surface area contributed by atoms with E-state index in [-0.39, 0.29) is 12.2 Å². The van der Waals surface area contributed by atoms with Crippen LogP contribution in [0.15, 0.2) is 83.5 Å². The number of benzene rings is 3. The molecule has 8 nitrogen and oxygen atoms in total. The predicted molar refractivity (Wildman–Crippen MR) is 126 cm³/mol. The van der Waals surface area contributed by atoms with E-state index >= 15 is 0 Å². The van der Waals surface area contributed by atoms with Gasteiger partial charge >= 0.3 is 12.1 Å². The van der Waals surface area contributed by atoms with Crippen molar-refractivity contribution in [2.45, 2.75) is 12.8 Å². The second-order valence-corrected chi connectivity index (χ2v) is 8.11. The Morgan fingerprint density at radius 3 is 2.14 bits per heavy atom. The van der Waals surface area contributed by atoms with E-state index in [4.69, 9.17) is 9.63 Å². The molecule has 37 heavy (non-hydrogen) atoms. The molecular formula is C26H17F3N4O4. The molecule has 186 valence electrons. The van der Waals surface area contributed by atoms with E-state index in [0.29, 0.717) is 34.0 Å². The first kappa shape index (κ1) is 23.9. The molecule has 5 rings (SSSR count). The van der Waals surface area contributed by atoms with Crippen LogP contribution in [0.5, 0.6) is 0 Å². The first-order valence-electron chi connectivity index (χ1n) is 10.9. The van der Waals surface area contributed by atoms with Crippen molar-refractivity contribution < 1.29 is 32.7 Å². The summed E-state index contributed by atoms with van der Waals surface area (Å²) in [6, 6.07) is 18.0. The van der Waals surface area contributed by atoms with Crippen LogP contribution in [0.3, 0.4) is 0 Å². The summed E-state index contributed by atoms with van der Waals surface area (Å²) in [4.78, 5) is 11.8. The average Bonchev–Trinajstić information content (AvgIpc) is 3.58. The zero-order chi connectivity index (χ0) is 26.2. The Hall–Kier alpha value is -4.77. The molecule has 11 heteroatoms. The highest BCUT2D eigenvalue weighted by atomic mass is 19.4. The molecule has 0 radical (unpaired) electrons. The van der Waals surface area contributed by atoms with Gasteiger partial charge in [0.1, 0.15) is 18.0 Å². The quantitative estimate of drug-likeness (QED) is 0.314. The third-order valence-corrected chi connectivity index (χ3v) is 5.66. The van der Waals surface area contributed by atoms with Crippen LogP contribution < -0.4 is 0 Å². The van der Waals surface area contributed by atoms with E-state index < -0.39 is 17.7 Å². The molecule has 0 spiro atoms. The molecule has 0 unspecified atom stereocenters. The molecule has 0 aliphatic heterocycles. The number of carboxylic acids is 1. The lowest BCUT2D eigenvalue weighted by Gasteiger charge is -2.09. The van der Waals surface area contributed by atoms with Gasteiger partial charge in [-0.3, -0.25) is 0 Å². The number of aliphatic hydroxyl groups is 1.